The predicted molar refractivity (Wildman–Crippen MR) is 70.0 cm³/mol. The van der Waals surface area contributed by atoms with E-state index in [0.717, 1.165) is 5.69 Å². The number of hydrogen-bond donors (Lipinski definition) is 1. The molecular weight excluding hydrogens is 246 g/mol. The molecule has 0 aliphatic carbocycles. The maximum atomic E-state index is 10.8. The Bertz CT molecular complexity index is 606. The maximum absolute atomic E-state index is 10.8. The number of aromatic nitrogens is 3. The zero-order chi connectivity index (χ0) is 14.0. The maximum Gasteiger partial charge on any atom is 0.271 e. The molecule has 0 spiro atoms. The highest BCUT2D eigenvalue weighted by atomic mass is 16.6. The van der Waals surface area contributed by atoms with Crippen LogP contribution in [0.15, 0.2) is 24.3 Å². The van der Waals surface area contributed by atoms with Gasteiger partial charge in [-0.1, -0.05) is 25.1 Å². The summed E-state index contributed by atoms with van der Waals surface area (Å²) in [6.07, 6.45) is 0. The minimum atomic E-state index is -0.431. The molecule has 0 aliphatic heterocycles. The summed E-state index contributed by atoms with van der Waals surface area (Å²) in [5.74, 6) is 0.174. The molecule has 1 heterocycles. The molecule has 7 heteroatoms. The Morgan fingerprint density at radius 2 is 2.21 bits per heavy atom. The van der Waals surface area contributed by atoms with Gasteiger partial charge in [0, 0.05) is 18.7 Å². The van der Waals surface area contributed by atoms with E-state index in [0.29, 0.717) is 17.9 Å². The minimum absolute atomic E-state index is 0.0250. The van der Waals surface area contributed by atoms with Crippen LogP contribution in [0.4, 0.5) is 5.69 Å². The summed E-state index contributed by atoms with van der Waals surface area (Å²) < 4.78 is 1.61. The Kier molecular flexibility index (Phi) is 3.57. The number of non-ortho nitro benzene ring substituents is 1. The van der Waals surface area contributed by atoms with Crippen molar-refractivity contribution in [3.8, 4) is 5.69 Å². The van der Waals surface area contributed by atoms with Crippen LogP contribution in [0.2, 0.25) is 0 Å². The number of nitro groups is 1. The second-order valence-electron chi connectivity index (χ2n) is 4.47. The first kappa shape index (κ1) is 13.2. The van der Waals surface area contributed by atoms with Crippen LogP contribution in [0.25, 0.3) is 5.69 Å². The Labute approximate surface area is 110 Å². The standard InChI is InChI=1S/C12H15N5O2/c1-8(2)12-11(7-13)14-15-16(12)9-4-3-5-10(6-9)17(18)19/h3-6,8H,7,13H2,1-2H3. The molecule has 2 aromatic rings. The summed E-state index contributed by atoms with van der Waals surface area (Å²) >= 11 is 0. The van der Waals surface area contributed by atoms with Crippen molar-refractivity contribution in [1.82, 2.24) is 15.0 Å². The summed E-state index contributed by atoms with van der Waals surface area (Å²) in [7, 11) is 0. The van der Waals surface area contributed by atoms with Crippen molar-refractivity contribution in [2.45, 2.75) is 26.3 Å². The van der Waals surface area contributed by atoms with Crippen molar-refractivity contribution in [3.05, 3.63) is 45.8 Å². The highest BCUT2D eigenvalue weighted by molar-refractivity contribution is 5.44. The van der Waals surface area contributed by atoms with Crippen LogP contribution in [0.1, 0.15) is 31.2 Å². The van der Waals surface area contributed by atoms with Crippen molar-refractivity contribution in [2.24, 2.45) is 5.73 Å². The van der Waals surface area contributed by atoms with E-state index >= 15 is 0 Å². The third-order valence-electron chi connectivity index (χ3n) is 2.80. The summed E-state index contributed by atoms with van der Waals surface area (Å²) in [5, 5.41) is 18.9. The molecule has 0 saturated heterocycles. The van der Waals surface area contributed by atoms with E-state index in [2.05, 4.69) is 10.3 Å². The van der Waals surface area contributed by atoms with Crippen LogP contribution < -0.4 is 5.73 Å². The monoisotopic (exact) mass is 261 g/mol. The van der Waals surface area contributed by atoms with Crippen LogP contribution in [0.3, 0.4) is 0 Å². The van der Waals surface area contributed by atoms with Gasteiger partial charge in [-0.05, 0) is 12.0 Å². The lowest BCUT2D eigenvalue weighted by Gasteiger charge is -2.10. The van der Waals surface area contributed by atoms with Crippen LogP contribution >= 0.6 is 0 Å². The molecule has 0 saturated carbocycles. The van der Waals surface area contributed by atoms with E-state index in [1.165, 1.54) is 12.1 Å². The summed E-state index contributed by atoms with van der Waals surface area (Å²) in [5.41, 5.74) is 7.86. The van der Waals surface area contributed by atoms with E-state index in [-0.39, 0.29) is 11.6 Å². The summed E-state index contributed by atoms with van der Waals surface area (Å²) in [4.78, 5) is 10.4. The normalized spacial score (nSPS) is 10.9. The average Bonchev–Trinajstić information content (AvgIpc) is 2.82. The highest BCUT2D eigenvalue weighted by Crippen LogP contribution is 2.23. The first-order valence-electron chi connectivity index (χ1n) is 5.94. The van der Waals surface area contributed by atoms with Gasteiger partial charge in [0.2, 0.25) is 0 Å². The van der Waals surface area contributed by atoms with Gasteiger partial charge in [-0.25, -0.2) is 4.68 Å². The smallest absolute Gasteiger partial charge is 0.271 e. The van der Waals surface area contributed by atoms with Crippen molar-refractivity contribution in [2.75, 3.05) is 0 Å². The molecule has 0 amide bonds. The first-order valence-corrected chi connectivity index (χ1v) is 5.94. The van der Waals surface area contributed by atoms with Crippen molar-refractivity contribution in [3.63, 3.8) is 0 Å². The van der Waals surface area contributed by atoms with E-state index in [4.69, 9.17) is 5.73 Å². The van der Waals surface area contributed by atoms with Gasteiger partial charge >= 0.3 is 0 Å². The van der Waals surface area contributed by atoms with Crippen molar-refractivity contribution in [1.29, 1.82) is 0 Å². The van der Waals surface area contributed by atoms with Crippen molar-refractivity contribution >= 4 is 5.69 Å². The minimum Gasteiger partial charge on any atom is -0.325 e. The van der Waals surface area contributed by atoms with Gasteiger partial charge in [-0.2, -0.15) is 0 Å². The van der Waals surface area contributed by atoms with Gasteiger partial charge in [-0.3, -0.25) is 10.1 Å². The SMILES string of the molecule is CC(C)c1c(CN)nnn1-c1cccc([N+](=O)[O-])c1. The fourth-order valence-electron chi connectivity index (χ4n) is 1.97. The zero-order valence-electron chi connectivity index (χ0n) is 10.8. The fourth-order valence-corrected chi connectivity index (χ4v) is 1.97. The van der Waals surface area contributed by atoms with Gasteiger partial charge in [0.05, 0.1) is 16.3 Å². The van der Waals surface area contributed by atoms with Gasteiger partial charge in [0.25, 0.3) is 5.69 Å². The third kappa shape index (κ3) is 2.45. The van der Waals surface area contributed by atoms with Crippen LogP contribution in [-0.4, -0.2) is 19.9 Å². The lowest BCUT2D eigenvalue weighted by molar-refractivity contribution is -0.384. The molecule has 100 valence electrons. The number of benzene rings is 1. The molecule has 7 nitrogen and oxygen atoms in total. The average molecular weight is 261 g/mol. The second-order valence-corrected chi connectivity index (χ2v) is 4.47. The Hall–Kier alpha value is -2.28. The van der Waals surface area contributed by atoms with Gasteiger partial charge in [0.15, 0.2) is 0 Å². The predicted octanol–water partition coefficient (Wildman–Crippen LogP) is 1.76. The first-order chi connectivity index (χ1) is 9.04. The molecule has 2 N–H and O–H groups in total. The van der Waals surface area contributed by atoms with Crippen molar-refractivity contribution < 1.29 is 4.92 Å². The third-order valence-corrected chi connectivity index (χ3v) is 2.80. The molecule has 2 rings (SSSR count). The van der Waals surface area contributed by atoms with E-state index in [9.17, 15) is 10.1 Å². The number of hydrogen-bond acceptors (Lipinski definition) is 5. The number of nitrogens with zero attached hydrogens (tertiary/aromatic N) is 4. The summed E-state index contributed by atoms with van der Waals surface area (Å²) in [6, 6.07) is 6.30. The molecule has 1 aromatic heterocycles. The van der Waals surface area contributed by atoms with Gasteiger partial charge < -0.3 is 5.73 Å². The molecule has 0 fully saturated rings. The zero-order valence-corrected chi connectivity index (χ0v) is 10.8. The lowest BCUT2D eigenvalue weighted by atomic mass is 10.1. The number of rotatable bonds is 4. The van der Waals surface area contributed by atoms with Gasteiger partial charge in [-0.15, -0.1) is 5.10 Å². The lowest BCUT2D eigenvalue weighted by Crippen LogP contribution is -2.08. The molecular formula is C12H15N5O2. The number of nitro benzene ring substituents is 1. The highest BCUT2D eigenvalue weighted by Gasteiger charge is 2.17. The molecule has 19 heavy (non-hydrogen) atoms. The Morgan fingerprint density at radius 3 is 2.79 bits per heavy atom. The molecule has 1 aromatic carbocycles. The molecule has 0 bridgehead atoms. The largest absolute Gasteiger partial charge is 0.325 e. The fraction of sp³-hybridized carbons (Fsp3) is 0.333. The molecule has 0 unspecified atom stereocenters. The Morgan fingerprint density at radius 1 is 1.47 bits per heavy atom. The molecule has 0 atom stereocenters. The van der Waals surface area contributed by atoms with E-state index in [1.807, 2.05) is 13.8 Å². The van der Waals surface area contributed by atoms with Crippen LogP contribution in [0, 0.1) is 10.1 Å². The van der Waals surface area contributed by atoms with Crippen LogP contribution in [-0.2, 0) is 6.54 Å². The topological polar surface area (TPSA) is 99.9 Å². The van der Waals surface area contributed by atoms with Crippen LogP contribution in [0.5, 0.6) is 0 Å². The quantitative estimate of drug-likeness (QED) is 0.667. The van der Waals surface area contributed by atoms with E-state index in [1.54, 1.807) is 16.8 Å². The Balaban J connectivity index is 2.55. The second kappa shape index (κ2) is 5.15. The molecule has 0 radical (unpaired) electrons. The summed E-state index contributed by atoms with van der Waals surface area (Å²) in [6.45, 7) is 4.31. The van der Waals surface area contributed by atoms with Gasteiger partial charge in [0.1, 0.15) is 5.69 Å². The van der Waals surface area contributed by atoms with E-state index < -0.39 is 4.92 Å². The number of nitrogens with two attached hydrogens (primary N) is 1. The molecule has 0 aliphatic rings.